The fraction of sp³-hybridized carbons (Fsp3) is 0.150. The standard InChI is InChI=1S/C20H17N5OS/c1-2-7-15(8-3-1)27-20-18-19(22-12-23-20)24-13-25(18)17-10-21-16-9-5-4-6-14(16)11-26-17/h1-9,12-13,17,21H,10-11H2. The molecule has 0 saturated heterocycles. The van der Waals surface area contributed by atoms with Gasteiger partial charge in [0.25, 0.3) is 0 Å². The number of para-hydroxylation sites is 1. The summed E-state index contributed by atoms with van der Waals surface area (Å²) >= 11 is 1.60. The summed E-state index contributed by atoms with van der Waals surface area (Å²) in [6.45, 7) is 1.19. The van der Waals surface area contributed by atoms with E-state index in [0.29, 0.717) is 18.8 Å². The van der Waals surface area contributed by atoms with Crippen molar-refractivity contribution in [2.75, 3.05) is 11.9 Å². The fourth-order valence-corrected chi connectivity index (χ4v) is 4.09. The van der Waals surface area contributed by atoms with Gasteiger partial charge in [-0.3, -0.25) is 4.57 Å². The molecule has 2 aromatic heterocycles. The van der Waals surface area contributed by atoms with Gasteiger partial charge in [0.05, 0.1) is 19.5 Å². The number of anilines is 1. The Morgan fingerprint density at radius 2 is 1.85 bits per heavy atom. The highest BCUT2D eigenvalue weighted by Crippen LogP contribution is 2.33. The molecule has 0 spiro atoms. The van der Waals surface area contributed by atoms with E-state index < -0.39 is 0 Å². The van der Waals surface area contributed by atoms with Crippen LogP contribution >= 0.6 is 11.8 Å². The van der Waals surface area contributed by atoms with Gasteiger partial charge in [0.1, 0.15) is 16.9 Å². The summed E-state index contributed by atoms with van der Waals surface area (Å²) in [6.07, 6.45) is 3.16. The lowest BCUT2D eigenvalue weighted by molar-refractivity contribution is 0.00581. The number of imidazole rings is 1. The van der Waals surface area contributed by atoms with E-state index in [1.165, 1.54) is 0 Å². The van der Waals surface area contributed by atoms with Crippen LogP contribution in [0.4, 0.5) is 5.69 Å². The van der Waals surface area contributed by atoms with Gasteiger partial charge in [0.15, 0.2) is 11.9 Å². The van der Waals surface area contributed by atoms with Gasteiger partial charge in [-0.1, -0.05) is 48.2 Å². The fourth-order valence-electron chi connectivity index (χ4n) is 3.18. The van der Waals surface area contributed by atoms with E-state index in [9.17, 15) is 0 Å². The number of ether oxygens (including phenoxy) is 1. The first-order valence-corrected chi connectivity index (χ1v) is 9.54. The summed E-state index contributed by atoms with van der Waals surface area (Å²) in [5, 5.41) is 4.35. The van der Waals surface area contributed by atoms with Crippen LogP contribution in [-0.4, -0.2) is 26.1 Å². The maximum atomic E-state index is 6.18. The topological polar surface area (TPSA) is 64.9 Å². The van der Waals surface area contributed by atoms with Crippen LogP contribution in [-0.2, 0) is 11.3 Å². The summed E-state index contributed by atoms with van der Waals surface area (Å²) in [4.78, 5) is 14.4. The molecule has 4 aromatic rings. The molecule has 0 amide bonds. The Balaban J connectivity index is 1.51. The zero-order valence-corrected chi connectivity index (χ0v) is 15.3. The molecule has 5 rings (SSSR count). The van der Waals surface area contributed by atoms with Gasteiger partial charge in [-0.2, -0.15) is 0 Å². The van der Waals surface area contributed by atoms with Gasteiger partial charge in [-0.25, -0.2) is 15.0 Å². The van der Waals surface area contributed by atoms with Crippen LogP contribution in [0.25, 0.3) is 11.2 Å². The molecule has 1 unspecified atom stereocenters. The van der Waals surface area contributed by atoms with Crippen molar-refractivity contribution in [3.63, 3.8) is 0 Å². The number of fused-ring (bicyclic) bond motifs is 2. The number of hydrogen-bond donors (Lipinski definition) is 1. The highest BCUT2D eigenvalue weighted by atomic mass is 32.2. The molecule has 27 heavy (non-hydrogen) atoms. The molecular weight excluding hydrogens is 358 g/mol. The lowest BCUT2D eigenvalue weighted by atomic mass is 10.2. The first-order valence-electron chi connectivity index (χ1n) is 8.72. The zero-order valence-electron chi connectivity index (χ0n) is 14.4. The SMILES string of the molecule is c1ccc(Sc2ncnc3ncn(C4CNc5ccccc5CO4)c23)cc1. The van der Waals surface area contributed by atoms with E-state index in [1.54, 1.807) is 24.4 Å². The lowest BCUT2D eigenvalue weighted by Gasteiger charge is -2.18. The number of hydrogen-bond acceptors (Lipinski definition) is 6. The largest absolute Gasteiger partial charge is 0.380 e. The summed E-state index contributed by atoms with van der Waals surface area (Å²) < 4.78 is 8.21. The molecule has 1 atom stereocenters. The van der Waals surface area contributed by atoms with E-state index >= 15 is 0 Å². The number of nitrogens with one attached hydrogen (secondary N) is 1. The van der Waals surface area contributed by atoms with Crippen LogP contribution in [0.2, 0.25) is 0 Å². The van der Waals surface area contributed by atoms with Crippen molar-refractivity contribution in [3.8, 4) is 0 Å². The predicted molar refractivity (Wildman–Crippen MR) is 105 cm³/mol. The van der Waals surface area contributed by atoms with E-state index in [-0.39, 0.29) is 6.23 Å². The first-order chi connectivity index (χ1) is 13.4. The van der Waals surface area contributed by atoms with E-state index in [2.05, 4.69) is 44.5 Å². The number of benzene rings is 2. The summed E-state index contributed by atoms with van der Waals surface area (Å²) in [5.74, 6) is 0. The first kappa shape index (κ1) is 16.3. The second-order valence-electron chi connectivity index (χ2n) is 6.22. The Morgan fingerprint density at radius 1 is 1.00 bits per heavy atom. The smallest absolute Gasteiger partial charge is 0.182 e. The average molecular weight is 375 g/mol. The molecule has 134 valence electrons. The van der Waals surface area contributed by atoms with Gasteiger partial charge in [-0.15, -0.1) is 0 Å². The maximum absolute atomic E-state index is 6.18. The van der Waals surface area contributed by atoms with Gasteiger partial charge in [-0.05, 0) is 18.2 Å². The molecule has 0 fully saturated rings. The molecule has 7 heteroatoms. The van der Waals surface area contributed by atoms with Crippen molar-refractivity contribution >= 4 is 28.6 Å². The molecule has 6 nitrogen and oxygen atoms in total. The van der Waals surface area contributed by atoms with Crippen molar-refractivity contribution in [1.29, 1.82) is 0 Å². The van der Waals surface area contributed by atoms with Crippen LogP contribution in [0.5, 0.6) is 0 Å². The quantitative estimate of drug-likeness (QED) is 0.544. The summed E-state index contributed by atoms with van der Waals surface area (Å²) in [6, 6.07) is 18.4. The maximum Gasteiger partial charge on any atom is 0.182 e. The Bertz CT molecular complexity index is 1060. The van der Waals surface area contributed by atoms with Crippen molar-refractivity contribution in [1.82, 2.24) is 19.5 Å². The summed E-state index contributed by atoms with van der Waals surface area (Å²) in [5.41, 5.74) is 3.83. The molecule has 1 N–H and O–H groups in total. The lowest BCUT2D eigenvalue weighted by Crippen LogP contribution is -2.19. The van der Waals surface area contributed by atoms with Crippen molar-refractivity contribution in [2.24, 2.45) is 0 Å². The van der Waals surface area contributed by atoms with Crippen LogP contribution < -0.4 is 5.32 Å². The second kappa shape index (κ2) is 7.02. The summed E-state index contributed by atoms with van der Waals surface area (Å²) in [7, 11) is 0. The number of nitrogens with zero attached hydrogens (tertiary/aromatic N) is 4. The van der Waals surface area contributed by atoms with Crippen LogP contribution in [0.3, 0.4) is 0 Å². The van der Waals surface area contributed by atoms with Gasteiger partial charge >= 0.3 is 0 Å². The van der Waals surface area contributed by atoms with Crippen LogP contribution in [0.1, 0.15) is 11.8 Å². The highest BCUT2D eigenvalue weighted by Gasteiger charge is 2.22. The zero-order chi connectivity index (χ0) is 18.1. The van der Waals surface area contributed by atoms with E-state index in [4.69, 9.17) is 4.74 Å². The highest BCUT2D eigenvalue weighted by molar-refractivity contribution is 7.99. The second-order valence-corrected chi connectivity index (χ2v) is 7.28. The van der Waals surface area contributed by atoms with Gasteiger partial charge in [0.2, 0.25) is 0 Å². The van der Waals surface area contributed by atoms with Crippen molar-refractivity contribution < 1.29 is 4.74 Å². The van der Waals surface area contributed by atoms with Gasteiger partial charge < -0.3 is 10.1 Å². The van der Waals surface area contributed by atoms with Crippen molar-refractivity contribution in [2.45, 2.75) is 22.8 Å². The average Bonchev–Trinajstić information content (AvgIpc) is 3.03. The molecule has 0 aliphatic carbocycles. The van der Waals surface area contributed by atoms with Crippen LogP contribution in [0, 0.1) is 0 Å². The third-order valence-corrected chi connectivity index (χ3v) is 5.52. The van der Waals surface area contributed by atoms with E-state index in [1.807, 2.05) is 34.9 Å². The Labute approximate surface area is 160 Å². The minimum Gasteiger partial charge on any atom is -0.380 e. The molecule has 2 aromatic carbocycles. The van der Waals surface area contributed by atoms with Gasteiger partial charge in [0, 0.05) is 16.1 Å². The Hall–Kier alpha value is -2.90. The predicted octanol–water partition coefficient (Wildman–Crippen LogP) is 4.12. The molecule has 0 radical (unpaired) electrons. The van der Waals surface area contributed by atoms with E-state index in [0.717, 1.165) is 26.7 Å². The molecule has 0 saturated carbocycles. The Morgan fingerprint density at radius 3 is 2.78 bits per heavy atom. The normalized spacial score (nSPS) is 16.5. The molecule has 3 heterocycles. The van der Waals surface area contributed by atoms with Crippen molar-refractivity contribution in [3.05, 3.63) is 72.8 Å². The third-order valence-electron chi connectivity index (χ3n) is 4.52. The molecular formula is C20H17N5OS. The minimum atomic E-state index is -0.191. The minimum absolute atomic E-state index is 0.191. The van der Waals surface area contributed by atoms with Crippen LogP contribution in [0.15, 0.2) is 77.2 Å². The number of rotatable bonds is 3. The Kier molecular flexibility index (Phi) is 4.23. The molecule has 0 bridgehead atoms. The molecule has 1 aliphatic rings. The molecule has 1 aliphatic heterocycles. The third kappa shape index (κ3) is 3.15. The monoisotopic (exact) mass is 375 g/mol. The number of aromatic nitrogens is 4.